The van der Waals surface area contributed by atoms with Gasteiger partial charge in [0, 0.05) is 0 Å². The number of amides is 1. The number of nitrogens with two attached hydrogens (primary N) is 1. The van der Waals surface area contributed by atoms with Crippen LogP contribution in [-0.2, 0) is 4.79 Å². The number of nitrogens with one attached hydrogen (secondary N) is 1. The SMILES string of the molecule is CNC(C)(COc1cc(C)cc(C)c1C)C(N)=O. The zero-order valence-electron chi connectivity index (χ0n) is 11.8. The van der Waals surface area contributed by atoms with Crippen LogP contribution in [-0.4, -0.2) is 25.1 Å². The van der Waals surface area contributed by atoms with Gasteiger partial charge in [0.2, 0.25) is 5.91 Å². The Morgan fingerprint density at radius 1 is 1.39 bits per heavy atom. The van der Waals surface area contributed by atoms with Gasteiger partial charge in [-0.3, -0.25) is 4.79 Å². The van der Waals surface area contributed by atoms with E-state index >= 15 is 0 Å². The summed E-state index contributed by atoms with van der Waals surface area (Å²) in [6, 6.07) is 4.08. The standard InChI is InChI=1S/C14H22N2O2/c1-9-6-10(2)11(3)12(7-9)18-8-14(4,16-5)13(15)17/h6-7,16H,8H2,1-5H3,(H2,15,17). The lowest BCUT2D eigenvalue weighted by Crippen LogP contribution is -2.55. The number of primary amides is 1. The molecule has 0 saturated heterocycles. The van der Waals surface area contributed by atoms with Gasteiger partial charge in [-0.2, -0.15) is 0 Å². The third kappa shape index (κ3) is 3.01. The summed E-state index contributed by atoms with van der Waals surface area (Å²) in [5, 5.41) is 2.90. The smallest absolute Gasteiger partial charge is 0.240 e. The summed E-state index contributed by atoms with van der Waals surface area (Å²) >= 11 is 0. The summed E-state index contributed by atoms with van der Waals surface area (Å²) in [6.07, 6.45) is 0. The average molecular weight is 250 g/mol. The molecule has 0 fully saturated rings. The third-order valence-electron chi connectivity index (χ3n) is 3.38. The maximum atomic E-state index is 11.4. The van der Waals surface area contributed by atoms with Crippen molar-refractivity contribution in [1.29, 1.82) is 0 Å². The van der Waals surface area contributed by atoms with Crippen LogP contribution in [0.1, 0.15) is 23.6 Å². The number of rotatable bonds is 5. The second kappa shape index (κ2) is 5.40. The maximum Gasteiger partial charge on any atom is 0.240 e. The Morgan fingerprint density at radius 3 is 2.50 bits per heavy atom. The number of carbonyl (C=O) groups excluding carboxylic acids is 1. The van der Waals surface area contributed by atoms with E-state index in [2.05, 4.69) is 11.4 Å². The van der Waals surface area contributed by atoms with Crippen LogP contribution in [0.15, 0.2) is 12.1 Å². The topological polar surface area (TPSA) is 64.3 Å². The first-order valence-electron chi connectivity index (χ1n) is 5.99. The highest BCUT2D eigenvalue weighted by atomic mass is 16.5. The molecule has 3 N–H and O–H groups in total. The van der Waals surface area contributed by atoms with E-state index < -0.39 is 11.4 Å². The molecule has 0 radical (unpaired) electrons. The molecule has 1 atom stereocenters. The number of hydrogen-bond donors (Lipinski definition) is 2. The van der Waals surface area contributed by atoms with Crippen molar-refractivity contribution in [1.82, 2.24) is 5.32 Å². The minimum absolute atomic E-state index is 0.211. The van der Waals surface area contributed by atoms with Crippen LogP contribution in [0.5, 0.6) is 5.75 Å². The lowest BCUT2D eigenvalue weighted by molar-refractivity contribution is -0.124. The van der Waals surface area contributed by atoms with Crippen molar-refractivity contribution in [2.24, 2.45) is 5.73 Å². The van der Waals surface area contributed by atoms with Gasteiger partial charge in [0.1, 0.15) is 17.9 Å². The van der Waals surface area contributed by atoms with Gasteiger partial charge in [0.15, 0.2) is 0 Å². The van der Waals surface area contributed by atoms with Crippen molar-refractivity contribution in [2.75, 3.05) is 13.7 Å². The Kier molecular flexibility index (Phi) is 4.35. The zero-order valence-corrected chi connectivity index (χ0v) is 11.8. The van der Waals surface area contributed by atoms with Gasteiger partial charge in [-0.15, -0.1) is 0 Å². The highest BCUT2D eigenvalue weighted by Crippen LogP contribution is 2.24. The molecule has 0 aliphatic heterocycles. The Hall–Kier alpha value is -1.55. The molecule has 0 heterocycles. The van der Waals surface area contributed by atoms with Gasteiger partial charge >= 0.3 is 0 Å². The lowest BCUT2D eigenvalue weighted by atomic mass is 10.0. The molecule has 0 aliphatic rings. The molecule has 100 valence electrons. The van der Waals surface area contributed by atoms with Gasteiger partial charge in [-0.25, -0.2) is 0 Å². The van der Waals surface area contributed by atoms with Crippen molar-refractivity contribution in [3.63, 3.8) is 0 Å². The largest absolute Gasteiger partial charge is 0.491 e. The van der Waals surface area contributed by atoms with Crippen LogP contribution in [0, 0.1) is 20.8 Å². The molecule has 0 aliphatic carbocycles. The molecule has 1 amide bonds. The molecule has 18 heavy (non-hydrogen) atoms. The number of aryl methyl sites for hydroxylation is 2. The van der Waals surface area contributed by atoms with Crippen molar-refractivity contribution in [2.45, 2.75) is 33.2 Å². The summed E-state index contributed by atoms with van der Waals surface area (Å²) in [4.78, 5) is 11.4. The Labute approximate surface area is 109 Å². The van der Waals surface area contributed by atoms with E-state index in [9.17, 15) is 4.79 Å². The molecular weight excluding hydrogens is 228 g/mol. The number of benzene rings is 1. The minimum Gasteiger partial charge on any atom is -0.491 e. The summed E-state index contributed by atoms with van der Waals surface area (Å²) in [6.45, 7) is 8.01. The highest BCUT2D eigenvalue weighted by molar-refractivity contribution is 5.84. The van der Waals surface area contributed by atoms with E-state index in [4.69, 9.17) is 10.5 Å². The zero-order chi connectivity index (χ0) is 13.9. The van der Waals surface area contributed by atoms with E-state index in [1.165, 1.54) is 5.56 Å². The number of carbonyl (C=O) groups is 1. The molecule has 0 aromatic heterocycles. The fraction of sp³-hybridized carbons (Fsp3) is 0.500. The molecule has 4 heteroatoms. The van der Waals surface area contributed by atoms with Crippen molar-refractivity contribution in [3.8, 4) is 5.75 Å². The van der Waals surface area contributed by atoms with Crippen LogP contribution in [0.2, 0.25) is 0 Å². The molecular formula is C14H22N2O2. The van der Waals surface area contributed by atoms with Crippen LogP contribution in [0.4, 0.5) is 0 Å². The monoisotopic (exact) mass is 250 g/mol. The third-order valence-corrected chi connectivity index (χ3v) is 3.38. The Bertz CT molecular complexity index is 457. The number of likely N-dealkylation sites (N-methyl/N-ethyl adjacent to an activating group) is 1. The first-order valence-corrected chi connectivity index (χ1v) is 5.99. The van der Waals surface area contributed by atoms with Gasteiger partial charge < -0.3 is 15.8 Å². The summed E-state index contributed by atoms with van der Waals surface area (Å²) in [5.41, 5.74) is 7.91. The molecule has 0 spiro atoms. The summed E-state index contributed by atoms with van der Waals surface area (Å²) < 4.78 is 5.75. The lowest BCUT2D eigenvalue weighted by Gasteiger charge is -2.26. The fourth-order valence-corrected chi connectivity index (χ4v) is 1.64. The van der Waals surface area contributed by atoms with E-state index in [1.54, 1.807) is 14.0 Å². The van der Waals surface area contributed by atoms with Crippen LogP contribution >= 0.6 is 0 Å². The van der Waals surface area contributed by atoms with Crippen molar-refractivity contribution >= 4 is 5.91 Å². The van der Waals surface area contributed by atoms with E-state index in [1.807, 2.05) is 26.8 Å². The number of hydrogen-bond acceptors (Lipinski definition) is 3. The van der Waals surface area contributed by atoms with E-state index in [0.29, 0.717) is 0 Å². The molecule has 1 aromatic rings. The summed E-state index contributed by atoms with van der Waals surface area (Å²) in [7, 11) is 1.70. The first-order chi connectivity index (χ1) is 8.30. The molecule has 0 saturated carbocycles. The molecule has 1 unspecified atom stereocenters. The van der Waals surface area contributed by atoms with Crippen LogP contribution in [0.3, 0.4) is 0 Å². The van der Waals surface area contributed by atoms with E-state index in [0.717, 1.165) is 16.9 Å². The first kappa shape index (κ1) is 14.5. The Balaban J connectivity index is 2.90. The predicted octanol–water partition coefficient (Wildman–Crippen LogP) is 1.45. The predicted molar refractivity (Wildman–Crippen MR) is 72.8 cm³/mol. The molecule has 0 bridgehead atoms. The van der Waals surface area contributed by atoms with Gasteiger partial charge in [0.25, 0.3) is 0 Å². The average Bonchev–Trinajstić information content (AvgIpc) is 2.31. The van der Waals surface area contributed by atoms with Crippen LogP contribution in [0.25, 0.3) is 0 Å². The van der Waals surface area contributed by atoms with Gasteiger partial charge in [-0.05, 0) is 57.5 Å². The highest BCUT2D eigenvalue weighted by Gasteiger charge is 2.30. The number of ether oxygens (including phenoxy) is 1. The van der Waals surface area contributed by atoms with Crippen molar-refractivity contribution in [3.05, 3.63) is 28.8 Å². The second-order valence-electron chi connectivity index (χ2n) is 4.94. The molecule has 4 nitrogen and oxygen atoms in total. The van der Waals surface area contributed by atoms with Gasteiger partial charge in [-0.1, -0.05) is 6.07 Å². The van der Waals surface area contributed by atoms with E-state index in [-0.39, 0.29) is 6.61 Å². The van der Waals surface area contributed by atoms with Crippen LogP contribution < -0.4 is 15.8 Å². The normalized spacial score (nSPS) is 14.1. The maximum absolute atomic E-state index is 11.4. The molecule has 1 rings (SSSR count). The van der Waals surface area contributed by atoms with Gasteiger partial charge in [0.05, 0.1) is 0 Å². The summed E-state index contributed by atoms with van der Waals surface area (Å²) in [5.74, 6) is 0.377. The quantitative estimate of drug-likeness (QED) is 0.831. The Morgan fingerprint density at radius 2 is 2.00 bits per heavy atom. The second-order valence-corrected chi connectivity index (χ2v) is 4.94. The van der Waals surface area contributed by atoms with Crippen molar-refractivity contribution < 1.29 is 9.53 Å². The molecule has 1 aromatic carbocycles. The minimum atomic E-state index is -0.857. The fourth-order valence-electron chi connectivity index (χ4n) is 1.64.